The number of alkyl halides is 3. The van der Waals surface area contributed by atoms with Gasteiger partial charge in [-0.3, -0.25) is 0 Å². The van der Waals surface area contributed by atoms with Crippen molar-refractivity contribution in [3.8, 4) is 0 Å². The summed E-state index contributed by atoms with van der Waals surface area (Å²) in [5.41, 5.74) is 1.07. The number of pyridine rings is 1. The van der Waals surface area contributed by atoms with Gasteiger partial charge in [-0.05, 0) is 31.0 Å². The third-order valence-corrected chi connectivity index (χ3v) is 2.99. The first-order valence-corrected chi connectivity index (χ1v) is 6.88. The maximum atomic E-state index is 12.6. The van der Waals surface area contributed by atoms with Gasteiger partial charge in [-0.25, -0.2) is 15.0 Å². The quantitative estimate of drug-likeness (QED) is 0.929. The van der Waals surface area contributed by atoms with Crippen LogP contribution in [0.25, 0.3) is 0 Å². The highest BCUT2D eigenvalue weighted by Gasteiger charge is 2.32. The monoisotopic (exact) mass is 310 g/mol. The highest BCUT2D eigenvalue weighted by atomic mass is 19.4. The fraction of sp³-hybridized carbons (Fsp3) is 0.400. The second-order valence-electron chi connectivity index (χ2n) is 5.28. The van der Waals surface area contributed by atoms with Gasteiger partial charge in [0.25, 0.3) is 0 Å². The Bertz CT molecular complexity index is 653. The molecule has 1 N–H and O–H groups in total. The second kappa shape index (κ2) is 6.29. The lowest BCUT2D eigenvalue weighted by Gasteiger charge is -2.11. The van der Waals surface area contributed by atoms with E-state index in [2.05, 4.69) is 20.3 Å². The van der Waals surface area contributed by atoms with Gasteiger partial charge in [0.15, 0.2) is 0 Å². The highest BCUT2D eigenvalue weighted by molar-refractivity contribution is 5.30. The van der Waals surface area contributed by atoms with E-state index in [1.54, 1.807) is 0 Å². The van der Waals surface area contributed by atoms with Crippen LogP contribution in [0.4, 0.5) is 19.1 Å². The van der Waals surface area contributed by atoms with Crippen molar-refractivity contribution in [2.75, 3.05) is 5.32 Å². The van der Waals surface area contributed by atoms with Crippen molar-refractivity contribution in [3.05, 3.63) is 47.0 Å². The standard InChI is InChI=1S/C15H17F3N4/c1-9(2)12-7-10(3)20-14(22-12)19-8-11-5-4-6-13(21-11)15(16,17)18/h4-7,9H,8H2,1-3H3,(H,19,20,22). The van der Waals surface area contributed by atoms with Gasteiger partial charge in [0.05, 0.1) is 12.2 Å². The van der Waals surface area contributed by atoms with Gasteiger partial charge in [0, 0.05) is 11.4 Å². The Morgan fingerprint density at radius 2 is 1.86 bits per heavy atom. The minimum absolute atomic E-state index is 0.130. The molecule has 2 rings (SSSR count). The van der Waals surface area contributed by atoms with Crippen molar-refractivity contribution < 1.29 is 13.2 Å². The number of aromatic nitrogens is 3. The number of nitrogens with one attached hydrogen (secondary N) is 1. The summed E-state index contributed by atoms with van der Waals surface area (Å²) in [6.45, 7) is 6.01. The molecule has 0 bridgehead atoms. The number of hydrogen-bond donors (Lipinski definition) is 1. The Hall–Kier alpha value is -2.18. The summed E-state index contributed by atoms with van der Waals surface area (Å²) < 4.78 is 37.9. The van der Waals surface area contributed by atoms with Gasteiger partial charge < -0.3 is 5.32 Å². The maximum Gasteiger partial charge on any atom is 0.433 e. The zero-order valence-corrected chi connectivity index (χ0v) is 12.6. The summed E-state index contributed by atoms with van der Waals surface area (Å²) >= 11 is 0. The van der Waals surface area contributed by atoms with Crippen molar-refractivity contribution in [1.82, 2.24) is 15.0 Å². The molecular weight excluding hydrogens is 293 g/mol. The third kappa shape index (κ3) is 4.16. The van der Waals surface area contributed by atoms with E-state index >= 15 is 0 Å². The zero-order valence-electron chi connectivity index (χ0n) is 12.6. The molecule has 2 aromatic rings. The Balaban J connectivity index is 2.14. The lowest BCUT2D eigenvalue weighted by molar-refractivity contribution is -0.141. The molecule has 118 valence electrons. The van der Waals surface area contributed by atoms with Gasteiger partial charge in [-0.1, -0.05) is 19.9 Å². The fourth-order valence-electron chi connectivity index (χ4n) is 1.87. The average Bonchev–Trinajstić information content (AvgIpc) is 2.44. The molecule has 4 nitrogen and oxygen atoms in total. The molecule has 0 saturated carbocycles. The van der Waals surface area contributed by atoms with E-state index < -0.39 is 11.9 Å². The molecule has 2 heterocycles. The molecule has 0 atom stereocenters. The Morgan fingerprint density at radius 1 is 1.14 bits per heavy atom. The third-order valence-electron chi connectivity index (χ3n) is 2.99. The zero-order chi connectivity index (χ0) is 16.3. The normalized spacial score (nSPS) is 11.8. The van der Waals surface area contributed by atoms with Crippen LogP contribution in [0.3, 0.4) is 0 Å². The molecule has 0 aliphatic carbocycles. The average molecular weight is 310 g/mol. The van der Waals surface area contributed by atoms with Crippen LogP contribution in [0.15, 0.2) is 24.3 Å². The van der Waals surface area contributed by atoms with Crippen LogP contribution >= 0.6 is 0 Å². The van der Waals surface area contributed by atoms with Crippen LogP contribution in [0.1, 0.15) is 42.5 Å². The first-order chi connectivity index (χ1) is 10.3. The van der Waals surface area contributed by atoms with Crippen molar-refractivity contribution in [2.45, 2.75) is 39.4 Å². The van der Waals surface area contributed by atoms with E-state index in [1.165, 1.54) is 12.1 Å². The summed E-state index contributed by atoms with van der Waals surface area (Å²) in [4.78, 5) is 12.2. The van der Waals surface area contributed by atoms with Gasteiger partial charge in [0.2, 0.25) is 5.95 Å². The van der Waals surface area contributed by atoms with Crippen LogP contribution in [0.2, 0.25) is 0 Å². The number of rotatable bonds is 4. The molecule has 0 unspecified atom stereocenters. The summed E-state index contributed by atoms with van der Waals surface area (Å²) in [7, 11) is 0. The molecular formula is C15H17F3N4. The van der Waals surface area contributed by atoms with Gasteiger partial charge in [-0.2, -0.15) is 13.2 Å². The first-order valence-electron chi connectivity index (χ1n) is 6.88. The van der Waals surface area contributed by atoms with Gasteiger partial charge in [-0.15, -0.1) is 0 Å². The van der Waals surface area contributed by atoms with E-state index in [1.807, 2.05) is 26.8 Å². The SMILES string of the molecule is Cc1cc(C(C)C)nc(NCc2cccc(C(F)(F)F)n2)n1. The van der Waals surface area contributed by atoms with Crippen LogP contribution in [-0.4, -0.2) is 15.0 Å². The summed E-state index contributed by atoms with van der Waals surface area (Å²) in [5.74, 6) is 0.636. The van der Waals surface area contributed by atoms with Crippen molar-refractivity contribution in [1.29, 1.82) is 0 Å². The predicted molar refractivity (Wildman–Crippen MR) is 77.4 cm³/mol. The summed E-state index contributed by atoms with van der Waals surface area (Å²) in [6, 6.07) is 5.70. The van der Waals surface area contributed by atoms with Gasteiger partial charge >= 0.3 is 6.18 Å². The molecule has 0 spiro atoms. The van der Waals surface area contributed by atoms with Crippen molar-refractivity contribution >= 4 is 5.95 Å². The first kappa shape index (κ1) is 16.2. The number of halogens is 3. The number of nitrogens with zero attached hydrogens (tertiary/aromatic N) is 3. The lowest BCUT2D eigenvalue weighted by Crippen LogP contribution is -2.12. The lowest BCUT2D eigenvalue weighted by atomic mass is 10.1. The smallest absolute Gasteiger partial charge is 0.349 e. The van der Waals surface area contributed by atoms with E-state index in [0.29, 0.717) is 5.95 Å². The van der Waals surface area contributed by atoms with Crippen LogP contribution in [0, 0.1) is 6.92 Å². The topological polar surface area (TPSA) is 50.7 Å². The van der Waals surface area contributed by atoms with Gasteiger partial charge in [0.1, 0.15) is 5.69 Å². The molecule has 7 heteroatoms. The summed E-state index contributed by atoms with van der Waals surface area (Å²) in [5, 5.41) is 2.92. The molecule has 0 amide bonds. The molecule has 0 radical (unpaired) electrons. The van der Waals surface area contributed by atoms with Crippen LogP contribution < -0.4 is 5.32 Å². The largest absolute Gasteiger partial charge is 0.433 e. The van der Waals surface area contributed by atoms with E-state index in [-0.39, 0.29) is 18.2 Å². The molecule has 0 aliphatic rings. The fourth-order valence-corrected chi connectivity index (χ4v) is 1.87. The van der Waals surface area contributed by atoms with E-state index in [4.69, 9.17) is 0 Å². The van der Waals surface area contributed by atoms with Crippen molar-refractivity contribution in [2.24, 2.45) is 0 Å². The maximum absolute atomic E-state index is 12.6. The molecule has 0 fully saturated rings. The van der Waals surface area contributed by atoms with E-state index in [9.17, 15) is 13.2 Å². The Morgan fingerprint density at radius 3 is 2.50 bits per heavy atom. The van der Waals surface area contributed by atoms with Crippen molar-refractivity contribution in [3.63, 3.8) is 0 Å². The minimum Gasteiger partial charge on any atom is -0.349 e. The van der Waals surface area contributed by atoms with Crippen LogP contribution in [-0.2, 0) is 12.7 Å². The predicted octanol–water partition coefficient (Wildman–Crippen LogP) is 3.93. The second-order valence-corrected chi connectivity index (χ2v) is 5.28. The Labute approximate surface area is 126 Å². The molecule has 22 heavy (non-hydrogen) atoms. The highest BCUT2D eigenvalue weighted by Crippen LogP contribution is 2.27. The number of anilines is 1. The molecule has 2 aromatic heterocycles. The molecule has 0 aromatic carbocycles. The summed E-state index contributed by atoms with van der Waals surface area (Å²) in [6.07, 6.45) is -4.44. The van der Waals surface area contributed by atoms with E-state index in [0.717, 1.165) is 17.5 Å². The molecule has 0 aliphatic heterocycles. The number of hydrogen-bond acceptors (Lipinski definition) is 4. The number of aryl methyl sites for hydroxylation is 1. The van der Waals surface area contributed by atoms with Crippen LogP contribution in [0.5, 0.6) is 0 Å². The Kier molecular flexibility index (Phi) is 4.63. The minimum atomic E-state index is -4.44. The molecule has 0 saturated heterocycles.